The van der Waals surface area contributed by atoms with Gasteiger partial charge in [0.25, 0.3) is 5.91 Å². The second-order valence-electron chi connectivity index (χ2n) is 5.95. The summed E-state index contributed by atoms with van der Waals surface area (Å²) in [6.07, 6.45) is 2.94. The molecule has 1 aliphatic heterocycles. The third-order valence-electron chi connectivity index (χ3n) is 4.28. The summed E-state index contributed by atoms with van der Waals surface area (Å²) in [5.41, 5.74) is 0. The van der Waals surface area contributed by atoms with E-state index < -0.39 is 0 Å². The number of hydrogen-bond acceptors (Lipinski definition) is 6. The Hall–Kier alpha value is -2.61. The summed E-state index contributed by atoms with van der Waals surface area (Å²) >= 11 is 1.39. The minimum absolute atomic E-state index is 0.0247. The van der Waals surface area contributed by atoms with Gasteiger partial charge in [-0.25, -0.2) is 4.98 Å². The normalized spacial score (nSPS) is 14.7. The van der Waals surface area contributed by atoms with Gasteiger partial charge < -0.3 is 19.7 Å². The fourth-order valence-corrected chi connectivity index (χ4v) is 3.34. The van der Waals surface area contributed by atoms with E-state index in [0.717, 1.165) is 0 Å². The van der Waals surface area contributed by atoms with E-state index in [9.17, 15) is 9.59 Å². The summed E-state index contributed by atoms with van der Waals surface area (Å²) in [6.45, 7) is 1.08. The molecule has 1 saturated heterocycles. The molecule has 0 bridgehead atoms. The third-order valence-corrected chi connectivity index (χ3v) is 4.97. The standard InChI is InChI=1S/C18H21N3O4S/c1-24-14-3-2-4-15(11-14)25-12-16(22)21-8-5-13(6-9-21)17(23)20-18-19-7-10-26-18/h2-4,7,10-11,13H,5-6,8-9,12H2,1H3,(H,19,20,23). The highest BCUT2D eigenvalue weighted by atomic mass is 32.1. The number of benzene rings is 1. The van der Waals surface area contributed by atoms with Crippen LogP contribution in [-0.2, 0) is 9.59 Å². The Balaban J connectivity index is 1.43. The summed E-state index contributed by atoms with van der Waals surface area (Å²) in [4.78, 5) is 30.3. The maximum absolute atomic E-state index is 12.3. The van der Waals surface area contributed by atoms with E-state index in [1.54, 1.807) is 30.3 Å². The minimum atomic E-state index is -0.0951. The maximum Gasteiger partial charge on any atom is 0.260 e. The van der Waals surface area contributed by atoms with Crippen molar-refractivity contribution in [3.05, 3.63) is 35.8 Å². The van der Waals surface area contributed by atoms with E-state index in [4.69, 9.17) is 9.47 Å². The van der Waals surface area contributed by atoms with E-state index in [0.29, 0.717) is 42.6 Å². The van der Waals surface area contributed by atoms with Gasteiger partial charge in [-0.3, -0.25) is 9.59 Å². The minimum Gasteiger partial charge on any atom is -0.497 e. The highest BCUT2D eigenvalue weighted by Crippen LogP contribution is 2.22. The summed E-state index contributed by atoms with van der Waals surface area (Å²) in [5.74, 6) is 1.07. The second kappa shape index (κ2) is 8.66. The molecular formula is C18H21N3O4S. The van der Waals surface area contributed by atoms with Crippen molar-refractivity contribution < 1.29 is 19.1 Å². The molecule has 1 N–H and O–H groups in total. The molecule has 1 aromatic carbocycles. The van der Waals surface area contributed by atoms with Crippen molar-refractivity contribution in [2.45, 2.75) is 12.8 Å². The molecule has 0 aliphatic carbocycles. The Morgan fingerprint density at radius 1 is 1.31 bits per heavy atom. The van der Waals surface area contributed by atoms with Gasteiger partial charge in [-0.05, 0) is 25.0 Å². The molecule has 0 unspecified atom stereocenters. The van der Waals surface area contributed by atoms with E-state index in [-0.39, 0.29) is 24.3 Å². The van der Waals surface area contributed by atoms with Crippen LogP contribution in [0, 0.1) is 5.92 Å². The van der Waals surface area contributed by atoms with Crippen molar-refractivity contribution >= 4 is 28.3 Å². The molecule has 1 aromatic heterocycles. The Kier molecular flexibility index (Phi) is 6.06. The first kappa shape index (κ1) is 18.2. The quantitative estimate of drug-likeness (QED) is 0.839. The number of aromatic nitrogens is 1. The molecule has 0 radical (unpaired) electrons. The van der Waals surface area contributed by atoms with Gasteiger partial charge in [0.05, 0.1) is 7.11 Å². The highest BCUT2D eigenvalue weighted by molar-refractivity contribution is 7.13. The van der Waals surface area contributed by atoms with Crippen molar-refractivity contribution in [3.8, 4) is 11.5 Å². The Morgan fingerprint density at radius 3 is 2.77 bits per heavy atom. The molecule has 0 spiro atoms. The number of nitrogens with zero attached hydrogens (tertiary/aromatic N) is 2. The van der Waals surface area contributed by atoms with Crippen LogP contribution in [0.5, 0.6) is 11.5 Å². The fraction of sp³-hybridized carbons (Fsp3) is 0.389. The van der Waals surface area contributed by atoms with E-state index in [1.165, 1.54) is 11.3 Å². The molecule has 8 heteroatoms. The molecular weight excluding hydrogens is 354 g/mol. The van der Waals surface area contributed by atoms with Crippen LogP contribution < -0.4 is 14.8 Å². The van der Waals surface area contributed by atoms with E-state index in [1.807, 2.05) is 17.5 Å². The molecule has 2 aromatic rings. The lowest BCUT2D eigenvalue weighted by molar-refractivity contribution is -0.136. The number of likely N-dealkylation sites (tertiary alicyclic amines) is 1. The zero-order valence-corrected chi connectivity index (χ0v) is 15.3. The van der Waals surface area contributed by atoms with Crippen molar-refractivity contribution in [3.63, 3.8) is 0 Å². The molecule has 138 valence electrons. The van der Waals surface area contributed by atoms with Crippen molar-refractivity contribution in [1.82, 2.24) is 9.88 Å². The number of piperidine rings is 1. The zero-order chi connectivity index (χ0) is 18.4. The van der Waals surface area contributed by atoms with E-state index in [2.05, 4.69) is 10.3 Å². The molecule has 3 rings (SSSR count). The SMILES string of the molecule is COc1cccc(OCC(=O)N2CCC(C(=O)Nc3nccs3)CC2)c1. The Morgan fingerprint density at radius 2 is 2.08 bits per heavy atom. The van der Waals surface area contributed by atoms with Gasteiger partial charge in [-0.15, -0.1) is 11.3 Å². The predicted octanol–water partition coefficient (Wildman–Crippen LogP) is 2.41. The molecule has 0 saturated carbocycles. The van der Waals surface area contributed by atoms with Gasteiger partial charge in [0.1, 0.15) is 11.5 Å². The summed E-state index contributed by atoms with van der Waals surface area (Å²) < 4.78 is 10.7. The molecule has 1 fully saturated rings. The van der Waals surface area contributed by atoms with Gasteiger partial charge in [-0.2, -0.15) is 0 Å². The monoisotopic (exact) mass is 375 g/mol. The average Bonchev–Trinajstić information content (AvgIpc) is 3.19. The summed E-state index contributed by atoms with van der Waals surface area (Å²) in [7, 11) is 1.58. The van der Waals surface area contributed by atoms with Crippen LogP contribution in [0.2, 0.25) is 0 Å². The topological polar surface area (TPSA) is 80.8 Å². The number of nitrogens with one attached hydrogen (secondary N) is 1. The highest BCUT2D eigenvalue weighted by Gasteiger charge is 2.27. The molecule has 2 amide bonds. The number of amides is 2. The third kappa shape index (κ3) is 4.72. The van der Waals surface area contributed by atoms with Crippen LogP contribution in [0.4, 0.5) is 5.13 Å². The number of anilines is 1. The fourth-order valence-electron chi connectivity index (χ4n) is 2.81. The number of methoxy groups -OCH3 is 1. The van der Waals surface area contributed by atoms with Gasteiger partial charge in [0, 0.05) is 36.7 Å². The second-order valence-corrected chi connectivity index (χ2v) is 6.84. The van der Waals surface area contributed by atoms with Crippen LogP contribution >= 0.6 is 11.3 Å². The first-order valence-corrected chi connectivity index (χ1v) is 9.28. The molecule has 0 atom stereocenters. The zero-order valence-electron chi connectivity index (χ0n) is 14.5. The number of thiazole rings is 1. The molecule has 1 aliphatic rings. The molecule has 7 nitrogen and oxygen atoms in total. The number of rotatable bonds is 6. The van der Waals surface area contributed by atoms with Gasteiger partial charge in [-0.1, -0.05) is 6.07 Å². The Labute approximate surface area is 155 Å². The van der Waals surface area contributed by atoms with Crippen LogP contribution in [0.25, 0.3) is 0 Å². The lowest BCUT2D eigenvalue weighted by atomic mass is 9.96. The van der Waals surface area contributed by atoms with Crippen molar-refractivity contribution in [2.75, 3.05) is 32.1 Å². The van der Waals surface area contributed by atoms with E-state index >= 15 is 0 Å². The first-order valence-electron chi connectivity index (χ1n) is 8.40. The summed E-state index contributed by atoms with van der Waals surface area (Å²) in [5, 5.41) is 5.25. The average molecular weight is 375 g/mol. The maximum atomic E-state index is 12.3. The number of carbonyl (C=O) groups excluding carboxylic acids is 2. The van der Waals surface area contributed by atoms with Crippen LogP contribution in [0.1, 0.15) is 12.8 Å². The van der Waals surface area contributed by atoms with Crippen LogP contribution in [-0.4, -0.2) is 48.5 Å². The van der Waals surface area contributed by atoms with Gasteiger partial charge in [0.15, 0.2) is 11.7 Å². The molecule has 26 heavy (non-hydrogen) atoms. The van der Waals surface area contributed by atoms with Crippen LogP contribution in [0.3, 0.4) is 0 Å². The lowest BCUT2D eigenvalue weighted by Gasteiger charge is -2.31. The molecule has 2 heterocycles. The predicted molar refractivity (Wildman–Crippen MR) is 98.5 cm³/mol. The lowest BCUT2D eigenvalue weighted by Crippen LogP contribution is -2.43. The van der Waals surface area contributed by atoms with Crippen LogP contribution in [0.15, 0.2) is 35.8 Å². The van der Waals surface area contributed by atoms with Crippen molar-refractivity contribution in [1.29, 1.82) is 0 Å². The number of ether oxygens (including phenoxy) is 2. The number of carbonyl (C=O) groups is 2. The van der Waals surface area contributed by atoms with Gasteiger partial charge in [0.2, 0.25) is 5.91 Å². The Bertz CT molecular complexity index is 743. The van der Waals surface area contributed by atoms with Gasteiger partial charge >= 0.3 is 0 Å². The number of hydrogen-bond donors (Lipinski definition) is 1. The smallest absolute Gasteiger partial charge is 0.260 e. The first-order chi connectivity index (χ1) is 12.7. The summed E-state index contributed by atoms with van der Waals surface area (Å²) in [6, 6.07) is 7.15. The van der Waals surface area contributed by atoms with Crippen molar-refractivity contribution in [2.24, 2.45) is 5.92 Å². The largest absolute Gasteiger partial charge is 0.497 e.